The number of imidazole rings is 1. The number of hydrogen-bond donors (Lipinski definition) is 3. The number of benzene rings is 3. The van der Waals surface area contributed by atoms with Crippen molar-refractivity contribution in [2.45, 2.75) is 6.10 Å². The molecule has 0 radical (unpaired) electrons. The van der Waals surface area contributed by atoms with Gasteiger partial charge in [0.15, 0.2) is 0 Å². The van der Waals surface area contributed by atoms with Crippen LogP contribution in [0, 0.1) is 0 Å². The molecule has 0 saturated heterocycles. The molecule has 4 rings (SSSR count). The molecule has 4 N–H and O–H groups in total. The Bertz CT molecular complexity index is 1170. The van der Waals surface area contributed by atoms with Crippen LogP contribution >= 0.6 is 0 Å². The predicted molar refractivity (Wildman–Crippen MR) is 109 cm³/mol. The highest BCUT2D eigenvalue weighted by Crippen LogP contribution is 2.31. The van der Waals surface area contributed by atoms with Gasteiger partial charge >= 0.3 is 6.09 Å². The molecule has 0 aliphatic rings. The zero-order valence-corrected chi connectivity index (χ0v) is 15.6. The maximum absolute atomic E-state index is 10.9. The van der Waals surface area contributed by atoms with Crippen LogP contribution < -0.4 is 15.2 Å². The molecule has 1 heterocycles. The van der Waals surface area contributed by atoms with Crippen molar-refractivity contribution in [1.29, 1.82) is 0 Å². The minimum Gasteiger partial charge on any atom is -0.496 e. The quantitative estimate of drug-likeness (QED) is 0.481. The fraction of sp³-hybridized carbons (Fsp3) is 0.0909. The summed E-state index contributed by atoms with van der Waals surface area (Å²) in [5, 5.41) is 10.7. The molecule has 3 aromatic carbocycles. The number of methoxy groups -OCH3 is 1. The first-order valence-corrected chi connectivity index (χ1v) is 8.93. The van der Waals surface area contributed by atoms with Crippen molar-refractivity contribution in [3.63, 3.8) is 0 Å². The molecule has 146 valence electrons. The van der Waals surface area contributed by atoms with Crippen molar-refractivity contribution in [3.8, 4) is 22.9 Å². The number of primary amides is 1. The number of H-pyrrole nitrogens is 1. The van der Waals surface area contributed by atoms with Crippen LogP contribution in [0.25, 0.3) is 22.4 Å². The lowest BCUT2D eigenvalue weighted by molar-refractivity contribution is 0.211. The van der Waals surface area contributed by atoms with Gasteiger partial charge in [0.1, 0.15) is 23.4 Å². The molecule has 7 nitrogen and oxygen atoms in total. The fourth-order valence-corrected chi connectivity index (χ4v) is 3.20. The molecule has 0 saturated carbocycles. The fourth-order valence-electron chi connectivity index (χ4n) is 3.20. The predicted octanol–water partition coefficient (Wildman–Crippen LogP) is 3.78. The van der Waals surface area contributed by atoms with Crippen LogP contribution in [0.2, 0.25) is 0 Å². The van der Waals surface area contributed by atoms with Crippen LogP contribution in [-0.4, -0.2) is 28.3 Å². The van der Waals surface area contributed by atoms with E-state index in [0.717, 1.165) is 22.2 Å². The maximum Gasteiger partial charge on any atom is 0.409 e. The molecule has 0 spiro atoms. The number of fused-ring (bicyclic) bond motifs is 1. The molecule has 7 heteroatoms. The third-order valence-electron chi connectivity index (χ3n) is 4.61. The number of nitrogens with zero attached hydrogens (tertiary/aromatic N) is 1. The number of amides is 1. The Balaban J connectivity index is 1.61. The topological polar surface area (TPSA) is 110 Å². The van der Waals surface area contributed by atoms with Crippen molar-refractivity contribution in [1.82, 2.24) is 9.97 Å². The van der Waals surface area contributed by atoms with Crippen LogP contribution in [0.1, 0.15) is 17.2 Å². The van der Waals surface area contributed by atoms with E-state index < -0.39 is 12.2 Å². The van der Waals surface area contributed by atoms with Crippen molar-refractivity contribution < 1.29 is 19.4 Å². The van der Waals surface area contributed by atoms with Gasteiger partial charge in [-0.1, -0.05) is 42.5 Å². The molecule has 0 aliphatic heterocycles. The number of aliphatic hydroxyl groups excluding tert-OH is 1. The van der Waals surface area contributed by atoms with E-state index in [9.17, 15) is 9.90 Å². The summed E-state index contributed by atoms with van der Waals surface area (Å²) in [6, 6.07) is 19.9. The normalized spacial score (nSPS) is 11.9. The van der Waals surface area contributed by atoms with Gasteiger partial charge in [-0.25, -0.2) is 9.78 Å². The Labute approximate surface area is 166 Å². The minimum absolute atomic E-state index is 0.343. The molecule has 1 unspecified atom stereocenters. The highest BCUT2D eigenvalue weighted by atomic mass is 16.5. The lowest BCUT2D eigenvalue weighted by atomic mass is 9.99. The van der Waals surface area contributed by atoms with E-state index >= 15 is 0 Å². The summed E-state index contributed by atoms with van der Waals surface area (Å²) in [5.74, 6) is 1.64. The van der Waals surface area contributed by atoms with E-state index in [-0.39, 0.29) is 0 Å². The third kappa shape index (κ3) is 3.76. The minimum atomic E-state index is -0.867. The number of aromatic nitrogens is 2. The molecule has 4 aromatic rings. The number of para-hydroxylation sites is 1. The van der Waals surface area contributed by atoms with E-state index in [1.807, 2.05) is 48.5 Å². The highest BCUT2D eigenvalue weighted by Gasteiger charge is 2.15. The Morgan fingerprint density at radius 2 is 1.86 bits per heavy atom. The van der Waals surface area contributed by atoms with Crippen LogP contribution in [0.15, 0.2) is 66.7 Å². The smallest absolute Gasteiger partial charge is 0.409 e. The largest absolute Gasteiger partial charge is 0.496 e. The Hall–Kier alpha value is -3.84. The van der Waals surface area contributed by atoms with E-state index in [2.05, 4.69) is 9.97 Å². The van der Waals surface area contributed by atoms with Crippen LogP contribution in [0.4, 0.5) is 4.79 Å². The van der Waals surface area contributed by atoms with Gasteiger partial charge in [-0.15, -0.1) is 0 Å². The van der Waals surface area contributed by atoms with Gasteiger partial charge in [-0.05, 0) is 23.8 Å². The first-order valence-electron chi connectivity index (χ1n) is 8.93. The molecule has 0 fully saturated rings. The number of rotatable bonds is 5. The average molecular weight is 389 g/mol. The number of hydrogen-bond acceptors (Lipinski definition) is 5. The van der Waals surface area contributed by atoms with E-state index in [1.165, 1.54) is 0 Å². The van der Waals surface area contributed by atoms with Crippen LogP contribution in [0.5, 0.6) is 11.5 Å². The number of ether oxygens (including phenoxy) is 2. The van der Waals surface area contributed by atoms with Gasteiger partial charge in [0.25, 0.3) is 0 Å². The van der Waals surface area contributed by atoms with Gasteiger partial charge in [0, 0.05) is 17.2 Å². The maximum atomic E-state index is 10.9. The molecular weight excluding hydrogens is 370 g/mol. The van der Waals surface area contributed by atoms with Crippen molar-refractivity contribution in [2.24, 2.45) is 5.73 Å². The molecule has 1 aromatic heterocycles. The second-order valence-electron chi connectivity index (χ2n) is 6.45. The van der Waals surface area contributed by atoms with Crippen molar-refractivity contribution >= 4 is 17.1 Å². The number of aliphatic hydroxyl groups is 1. The van der Waals surface area contributed by atoms with Crippen molar-refractivity contribution in [3.05, 3.63) is 77.9 Å². The molecular formula is C22H19N3O4. The third-order valence-corrected chi connectivity index (χ3v) is 4.61. The number of nitrogens with two attached hydrogens (primary N) is 1. The summed E-state index contributed by atoms with van der Waals surface area (Å²) < 4.78 is 10.2. The lowest BCUT2D eigenvalue weighted by Gasteiger charge is -2.15. The lowest BCUT2D eigenvalue weighted by Crippen LogP contribution is -2.16. The number of carbonyl (C=O) groups is 1. The average Bonchev–Trinajstić information content (AvgIpc) is 3.16. The van der Waals surface area contributed by atoms with Gasteiger partial charge in [0.2, 0.25) is 0 Å². The summed E-state index contributed by atoms with van der Waals surface area (Å²) in [6.45, 7) is 0. The monoisotopic (exact) mass is 389 g/mol. The summed E-state index contributed by atoms with van der Waals surface area (Å²) in [4.78, 5) is 18.7. The number of nitrogens with one attached hydrogen (secondary N) is 1. The Morgan fingerprint density at radius 3 is 2.59 bits per heavy atom. The van der Waals surface area contributed by atoms with Crippen molar-refractivity contribution in [2.75, 3.05) is 7.11 Å². The second-order valence-corrected chi connectivity index (χ2v) is 6.45. The summed E-state index contributed by atoms with van der Waals surface area (Å²) >= 11 is 0. The van der Waals surface area contributed by atoms with Gasteiger partial charge in [-0.2, -0.15) is 0 Å². The standard InChI is InChI=1S/C22H19N3O4/c1-28-19-5-3-2-4-16(19)20(26)13-6-8-14(9-7-13)21-24-17-11-10-15(29-22(23)27)12-18(17)25-21/h2-12,20,26H,1H3,(H2,23,27)(H,24,25). The molecule has 29 heavy (non-hydrogen) atoms. The molecule has 0 aliphatic carbocycles. The number of aromatic amines is 1. The molecule has 0 bridgehead atoms. The van der Waals surface area contributed by atoms with E-state index in [4.69, 9.17) is 15.2 Å². The SMILES string of the molecule is COc1ccccc1C(O)c1ccc(-c2nc3ccc(OC(N)=O)cc3[nH]2)cc1. The Morgan fingerprint density at radius 1 is 1.10 bits per heavy atom. The van der Waals surface area contributed by atoms with Gasteiger partial charge in [-0.3, -0.25) is 0 Å². The first kappa shape index (κ1) is 18.5. The number of carbonyl (C=O) groups excluding carboxylic acids is 1. The van der Waals surface area contributed by atoms with Crippen LogP contribution in [0.3, 0.4) is 0 Å². The zero-order valence-electron chi connectivity index (χ0n) is 15.6. The molecule has 1 amide bonds. The Kier molecular flexibility index (Phi) is 4.88. The summed E-state index contributed by atoms with van der Waals surface area (Å²) in [5.41, 5.74) is 8.80. The second kappa shape index (κ2) is 7.65. The van der Waals surface area contributed by atoms with E-state index in [1.54, 1.807) is 25.3 Å². The summed E-state index contributed by atoms with van der Waals surface area (Å²) in [6.07, 6.45) is -1.67. The van der Waals surface area contributed by atoms with Gasteiger partial charge in [0.05, 0.1) is 18.1 Å². The summed E-state index contributed by atoms with van der Waals surface area (Å²) in [7, 11) is 1.58. The van der Waals surface area contributed by atoms with Crippen LogP contribution in [-0.2, 0) is 0 Å². The highest BCUT2D eigenvalue weighted by molar-refractivity contribution is 5.81. The van der Waals surface area contributed by atoms with Gasteiger partial charge < -0.3 is 25.3 Å². The first-order chi connectivity index (χ1) is 14.0. The van der Waals surface area contributed by atoms with E-state index in [0.29, 0.717) is 22.9 Å². The zero-order chi connectivity index (χ0) is 20.4. The molecule has 1 atom stereocenters.